The second-order valence-electron chi connectivity index (χ2n) is 3.89. The summed E-state index contributed by atoms with van der Waals surface area (Å²) >= 11 is 1.22. The SMILES string of the molecule is CCNc1snnc1Cn1c(=O)ccn(CC)c1=O. The maximum absolute atomic E-state index is 12.1. The standard InChI is InChI=1S/C11H15N5O2S/c1-3-12-10-8(13-14-19-10)7-16-9(17)5-6-15(4-2)11(16)18/h5-6,12H,3-4,7H2,1-2H3. The maximum Gasteiger partial charge on any atom is 0.331 e. The highest BCUT2D eigenvalue weighted by Gasteiger charge is 2.11. The van der Waals surface area contributed by atoms with E-state index in [0.29, 0.717) is 12.2 Å². The number of hydrogen-bond acceptors (Lipinski definition) is 6. The Morgan fingerprint density at radius 3 is 2.84 bits per heavy atom. The summed E-state index contributed by atoms with van der Waals surface area (Å²) in [7, 11) is 0. The van der Waals surface area contributed by atoms with Crippen LogP contribution in [-0.4, -0.2) is 25.3 Å². The van der Waals surface area contributed by atoms with Crippen molar-refractivity contribution >= 4 is 16.5 Å². The van der Waals surface area contributed by atoms with Crippen molar-refractivity contribution in [2.75, 3.05) is 11.9 Å². The fraction of sp³-hybridized carbons (Fsp3) is 0.455. The van der Waals surface area contributed by atoms with E-state index in [1.807, 2.05) is 13.8 Å². The van der Waals surface area contributed by atoms with Gasteiger partial charge in [-0.1, -0.05) is 4.49 Å². The van der Waals surface area contributed by atoms with E-state index in [4.69, 9.17) is 0 Å². The van der Waals surface area contributed by atoms with E-state index >= 15 is 0 Å². The lowest BCUT2D eigenvalue weighted by atomic mass is 10.4. The molecule has 0 saturated carbocycles. The average Bonchev–Trinajstić information content (AvgIpc) is 2.82. The quantitative estimate of drug-likeness (QED) is 0.856. The monoisotopic (exact) mass is 281 g/mol. The van der Waals surface area contributed by atoms with Crippen molar-refractivity contribution in [2.45, 2.75) is 26.9 Å². The number of nitrogens with zero attached hydrogens (tertiary/aromatic N) is 4. The van der Waals surface area contributed by atoms with E-state index in [1.54, 1.807) is 0 Å². The Morgan fingerprint density at radius 1 is 1.37 bits per heavy atom. The van der Waals surface area contributed by atoms with Crippen LogP contribution >= 0.6 is 11.5 Å². The van der Waals surface area contributed by atoms with E-state index in [2.05, 4.69) is 14.9 Å². The molecule has 0 aliphatic carbocycles. The third kappa shape index (κ3) is 2.73. The number of anilines is 1. The van der Waals surface area contributed by atoms with Crippen LogP contribution in [0.15, 0.2) is 21.9 Å². The molecule has 0 unspecified atom stereocenters. The number of rotatable bonds is 5. The fourth-order valence-electron chi connectivity index (χ4n) is 1.70. The molecule has 0 aliphatic heterocycles. The summed E-state index contributed by atoms with van der Waals surface area (Å²) < 4.78 is 6.49. The molecule has 0 fully saturated rings. The molecule has 8 heteroatoms. The van der Waals surface area contributed by atoms with Crippen LogP contribution in [0.2, 0.25) is 0 Å². The Bertz CT molecular complexity index is 672. The zero-order valence-corrected chi connectivity index (χ0v) is 11.6. The predicted octanol–water partition coefficient (Wildman–Crippen LogP) is 0.361. The fourth-order valence-corrected chi connectivity index (χ4v) is 2.34. The topological polar surface area (TPSA) is 81.8 Å². The largest absolute Gasteiger partial charge is 0.374 e. The highest BCUT2D eigenvalue weighted by atomic mass is 32.1. The Balaban J connectivity index is 2.41. The van der Waals surface area contributed by atoms with Crippen LogP contribution in [0, 0.1) is 0 Å². The van der Waals surface area contributed by atoms with Crippen LogP contribution in [0.5, 0.6) is 0 Å². The molecule has 102 valence electrons. The van der Waals surface area contributed by atoms with Crippen LogP contribution in [0.4, 0.5) is 5.00 Å². The van der Waals surface area contributed by atoms with Gasteiger partial charge in [-0.15, -0.1) is 5.10 Å². The Kier molecular flexibility index (Phi) is 4.10. The number of aromatic nitrogens is 4. The molecule has 0 spiro atoms. The second-order valence-corrected chi connectivity index (χ2v) is 4.64. The van der Waals surface area contributed by atoms with Crippen LogP contribution in [0.1, 0.15) is 19.5 Å². The predicted molar refractivity (Wildman–Crippen MR) is 73.8 cm³/mol. The molecular weight excluding hydrogens is 266 g/mol. The first-order chi connectivity index (χ1) is 9.17. The second kappa shape index (κ2) is 5.79. The Labute approximate surface area is 113 Å². The van der Waals surface area contributed by atoms with E-state index in [9.17, 15) is 9.59 Å². The molecule has 2 aromatic rings. The van der Waals surface area contributed by atoms with E-state index in [1.165, 1.54) is 32.9 Å². The molecule has 0 saturated heterocycles. The third-order valence-corrected chi connectivity index (χ3v) is 3.41. The molecule has 0 atom stereocenters. The lowest BCUT2D eigenvalue weighted by molar-refractivity contribution is 0.594. The first kappa shape index (κ1) is 13.5. The van der Waals surface area contributed by atoms with Gasteiger partial charge in [0.1, 0.15) is 10.7 Å². The lowest BCUT2D eigenvalue weighted by Crippen LogP contribution is -2.39. The van der Waals surface area contributed by atoms with Crippen molar-refractivity contribution in [2.24, 2.45) is 0 Å². The maximum atomic E-state index is 12.1. The molecule has 7 nitrogen and oxygen atoms in total. The van der Waals surface area contributed by atoms with E-state index in [-0.39, 0.29) is 17.8 Å². The van der Waals surface area contributed by atoms with Crippen molar-refractivity contribution in [1.29, 1.82) is 0 Å². The van der Waals surface area contributed by atoms with Crippen molar-refractivity contribution in [3.05, 3.63) is 38.8 Å². The van der Waals surface area contributed by atoms with Gasteiger partial charge in [0.05, 0.1) is 6.54 Å². The molecule has 0 amide bonds. The van der Waals surface area contributed by atoms with Gasteiger partial charge in [0.15, 0.2) is 0 Å². The van der Waals surface area contributed by atoms with Gasteiger partial charge in [-0.05, 0) is 13.8 Å². The van der Waals surface area contributed by atoms with Gasteiger partial charge in [-0.2, -0.15) is 0 Å². The minimum absolute atomic E-state index is 0.136. The van der Waals surface area contributed by atoms with Gasteiger partial charge >= 0.3 is 5.69 Å². The zero-order chi connectivity index (χ0) is 13.8. The van der Waals surface area contributed by atoms with Crippen LogP contribution < -0.4 is 16.6 Å². The summed E-state index contributed by atoms with van der Waals surface area (Å²) in [6, 6.07) is 1.39. The van der Waals surface area contributed by atoms with Gasteiger partial charge in [-0.25, -0.2) is 4.79 Å². The first-order valence-electron chi connectivity index (χ1n) is 6.02. The number of aryl methyl sites for hydroxylation is 1. The Hall–Kier alpha value is -1.96. The summed E-state index contributed by atoms with van der Waals surface area (Å²) in [5.74, 6) is 0. The molecule has 0 radical (unpaired) electrons. The molecule has 19 heavy (non-hydrogen) atoms. The molecule has 0 aliphatic rings. The molecular formula is C11H15N5O2S. The lowest BCUT2D eigenvalue weighted by Gasteiger charge is -2.07. The molecule has 0 bridgehead atoms. The van der Waals surface area contributed by atoms with E-state index < -0.39 is 0 Å². The van der Waals surface area contributed by atoms with Crippen LogP contribution in [0.25, 0.3) is 0 Å². The van der Waals surface area contributed by atoms with Gasteiger partial charge in [0, 0.05) is 36.9 Å². The summed E-state index contributed by atoms with van der Waals surface area (Å²) in [6.07, 6.45) is 1.51. The van der Waals surface area contributed by atoms with E-state index in [0.717, 1.165) is 11.5 Å². The Morgan fingerprint density at radius 2 is 2.16 bits per heavy atom. The summed E-state index contributed by atoms with van der Waals surface area (Å²) in [5, 5.41) is 7.87. The minimum atomic E-state index is -0.329. The molecule has 2 heterocycles. The highest BCUT2D eigenvalue weighted by molar-refractivity contribution is 7.10. The van der Waals surface area contributed by atoms with Crippen LogP contribution in [0.3, 0.4) is 0 Å². The normalized spacial score (nSPS) is 10.6. The number of hydrogen-bond donors (Lipinski definition) is 1. The third-order valence-electron chi connectivity index (χ3n) is 2.68. The summed E-state index contributed by atoms with van der Waals surface area (Å²) in [5.41, 5.74) is -0.0458. The van der Waals surface area contributed by atoms with Crippen molar-refractivity contribution in [1.82, 2.24) is 18.7 Å². The molecule has 0 aromatic carbocycles. The van der Waals surface area contributed by atoms with Gasteiger partial charge in [-0.3, -0.25) is 9.36 Å². The van der Waals surface area contributed by atoms with Crippen molar-refractivity contribution < 1.29 is 0 Å². The summed E-state index contributed by atoms with van der Waals surface area (Å²) in [4.78, 5) is 23.9. The minimum Gasteiger partial charge on any atom is -0.374 e. The van der Waals surface area contributed by atoms with Crippen molar-refractivity contribution in [3.63, 3.8) is 0 Å². The average molecular weight is 281 g/mol. The van der Waals surface area contributed by atoms with Gasteiger partial charge < -0.3 is 9.88 Å². The number of nitrogens with one attached hydrogen (secondary N) is 1. The highest BCUT2D eigenvalue weighted by Crippen LogP contribution is 2.17. The van der Waals surface area contributed by atoms with Crippen molar-refractivity contribution in [3.8, 4) is 0 Å². The molecule has 1 N–H and O–H groups in total. The molecule has 2 rings (SSSR count). The van der Waals surface area contributed by atoms with Gasteiger partial charge in [0.2, 0.25) is 0 Å². The molecule has 2 aromatic heterocycles. The smallest absolute Gasteiger partial charge is 0.331 e. The zero-order valence-electron chi connectivity index (χ0n) is 10.8. The first-order valence-corrected chi connectivity index (χ1v) is 6.80. The van der Waals surface area contributed by atoms with Crippen LogP contribution in [-0.2, 0) is 13.1 Å². The van der Waals surface area contributed by atoms with Gasteiger partial charge in [0.25, 0.3) is 5.56 Å². The summed E-state index contributed by atoms with van der Waals surface area (Å²) in [6.45, 7) is 5.21.